The number of rotatable bonds is 8. The molecule has 32 heavy (non-hydrogen) atoms. The summed E-state index contributed by atoms with van der Waals surface area (Å²) < 4.78 is 95.4. The van der Waals surface area contributed by atoms with E-state index in [1.54, 1.807) is 0 Å². The molecule has 0 radical (unpaired) electrons. The zero-order valence-electron chi connectivity index (χ0n) is 18.2. The maximum atomic E-state index is 14.3. The average molecular weight is 468 g/mol. The minimum absolute atomic E-state index is 0.0502. The maximum Gasteiger partial charge on any atom is 0.470 e. The van der Waals surface area contributed by atoms with Gasteiger partial charge in [-0.15, -0.1) is 0 Å². The van der Waals surface area contributed by atoms with Crippen molar-refractivity contribution in [1.82, 2.24) is 0 Å². The van der Waals surface area contributed by atoms with Crippen molar-refractivity contribution in [2.24, 2.45) is 17.8 Å². The third-order valence-electron chi connectivity index (χ3n) is 7.35. The molecule has 2 aliphatic carbocycles. The van der Waals surface area contributed by atoms with E-state index in [4.69, 9.17) is 0 Å². The van der Waals surface area contributed by atoms with Crippen LogP contribution in [0.15, 0.2) is 18.2 Å². The summed E-state index contributed by atoms with van der Waals surface area (Å²) in [6, 6.07) is 3.17. The van der Waals surface area contributed by atoms with Crippen molar-refractivity contribution in [1.29, 1.82) is 0 Å². The molecule has 1 aromatic rings. The first-order valence-electron chi connectivity index (χ1n) is 11.6. The highest BCUT2D eigenvalue weighted by Crippen LogP contribution is 2.45. The van der Waals surface area contributed by atoms with Crippen molar-refractivity contribution < 1.29 is 35.5 Å². The minimum Gasteiger partial charge on any atom is -0.425 e. The standard InChI is InChI=1S/C24H31F7O/c1-2-3-15-4-6-16(7-5-15)17-8-10-18(11-9-17)19-12-13-21(20(25)14-19)32-24(30,31)23(28,29)22(26)27/h12-18,22H,2-11H2,1H3. The zero-order chi connectivity index (χ0) is 23.5. The molecule has 0 aromatic heterocycles. The van der Waals surface area contributed by atoms with Gasteiger partial charge in [0.15, 0.2) is 11.6 Å². The van der Waals surface area contributed by atoms with Crippen molar-refractivity contribution in [3.05, 3.63) is 29.6 Å². The Labute approximate surface area is 184 Å². The number of alkyl halides is 6. The topological polar surface area (TPSA) is 9.23 Å². The lowest BCUT2D eigenvalue weighted by Crippen LogP contribution is -2.50. The maximum absolute atomic E-state index is 14.3. The Morgan fingerprint density at radius 1 is 0.906 bits per heavy atom. The van der Waals surface area contributed by atoms with E-state index in [1.807, 2.05) is 0 Å². The van der Waals surface area contributed by atoms with Crippen LogP contribution in [-0.4, -0.2) is 18.5 Å². The highest BCUT2D eigenvalue weighted by molar-refractivity contribution is 5.32. The molecule has 0 heterocycles. The Hall–Kier alpha value is -1.47. The van der Waals surface area contributed by atoms with Crippen LogP contribution in [-0.2, 0) is 0 Å². The monoisotopic (exact) mass is 468 g/mol. The Kier molecular flexibility index (Phi) is 8.02. The lowest BCUT2D eigenvalue weighted by atomic mass is 9.68. The van der Waals surface area contributed by atoms with Crippen molar-refractivity contribution >= 4 is 0 Å². The van der Waals surface area contributed by atoms with Gasteiger partial charge in [-0.3, -0.25) is 0 Å². The molecule has 1 aromatic carbocycles. The predicted octanol–water partition coefficient (Wildman–Crippen LogP) is 8.58. The van der Waals surface area contributed by atoms with Crippen LogP contribution in [0.2, 0.25) is 0 Å². The third kappa shape index (κ3) is 5.53. The number of hydrogen-bond acceptors (Lipinski definition) is 1. The second-order valence-corrected chi connectivity index (χ2v) is 9.41. The van der Waals surface area contributed by atoms with Gasteiger partial charge in [-0.2, -0.15) is 17.6 Å². The van der Waals surface area contributed by atoms with E-state index in [2.05, 4.69) is 11.7 Å². The average Bonchev–Trinajstić information content (AvgIpc) is 2.76. The van der Waals surface area contributed by atoms with Gasteiger partial charge in [0, 0.05) is 0 Å². The first-order valence-corrected chi connectivity index (χ1v) is 11.6. The Morgan fingerprint density at radius 2 is 1.47 bits per heavy atom. The number of hydrogen-bond donors (Lipinski definition) is 0. The molecular weight excluding hydrogens is 437 g/mol. The third-order valence-corrected chi connectivity index (χ3v) is 7.35. The second-order valence-electron chi connectivity index (χ2n) is 9.41. The van der Waals surface area contributed by atoms with E-state index in [0.717, 1.165) is 49.7 Å². The number of ether oxygens (including phenoxy) is 1. The molecule has 182 valence electrons. The van der Waals surface area contributed by atoms with Gasteiger partial charge in [-0.05, 0) is 79.9 Å². The summed E-state index contributed by atoms with van der Waals surface area (Å²) in [5, 5.41) is 0. The van der Waals surface area contributed by atoms with Gasteiger partial charge in [0.1, 0.15) is 0 Å². The van der Waals surface area contributed by atoms with Gasteiger partial charge >= 0.3 is 18.5 Å². The van der Waals surface area contributed by atoms with Crippen LogP contribution >= 0.6 is 0 Å². The van der Waals surface area contributed by atoms with Crippen molar-refractivity contribution in [2.45, 2.75) is 95.5 Å². The van der Waals surface area contributed by atoms with Gasteiger partial charge in [0.2, 0.25) is 0 Å². The van der Waals surface area contributed by atoms with Gasteiger partial charge in [0.25, 0.3) is 0 Å². The highest BCUT2D eigenvalue weighted by Gasteiger charge is 2.66. The van der Waals surface area contributed by atoms with Crippen LogP contribution in [0.3, 0.4) is 0 Å². The molecule has 2 saturated carbocycles. The smallest absolute Gasteiger partial charge is 0.425 e. The molecule has 0 bridgehead atoms. The summed E-state index contributed by atoms with van der Waals surface area (Å²) >= 11 is 0. The van der Waals surface area contributed by atoms with Crippen molar-refractivity contribution in [2.75, 3.05) is 0 Å². The summed E-state index contributed by atoms with van der Waals surface area (Å²) in [7, 11) is 0. The fourth-order valence-electron chi connectivity index (χ4n) is 5.47. The van der Waals surface area contributed by atoms with Crippen LogP contribution < -0.4 is 4.74 Å². The molecule has 3 rings (SSSR count). The molecule has 2 fully saturated rings. The first-order chi connectivity index (χ1) is 15.0. The lowest BCUT2D eigenvalue weighted by Gasteiger charge is -2.38. The van der Waals surface area contributed by atoms with E-state index in [0.29, 0.717) is 11.5 Å². The van der Waals surface area contributed by atoms with Crippen molar-refractivity contribution in [3.63, 3.8) is 0 Å². The molecule has 0 N–H and O–H groups in total. The summed E-state index contributed by atoms with van der Waals surface area (Å²) in [5.74, 6) is -5.88. The fraction of sp³-hybridized carbons (Fsp3) is 0.750. The summed E-state index contributed by atoms with van der Waals surface area (Å²) in [6.07, 6.45) is 1.20. The van der Waals surface area contributed by atoms with Crippen LogP contribution in [0, 0.1) is 23.6 Å². The number of benzene rings is 1. The van der Waals surface area contributed by atoms with E-state index in [1.165, 1.54) is 44.6 Å². The fourth-order valence-corrected chi connectivity index (χ4v) is 5.47. The molecule has 0 unspecified atom stereocenters. The van der Waals surface area contributed by atoms with Crippen LogP contribution in [0.1, 0.15) is 82.6 Å². The summed E-state index contributed by atoms with van der Waals surface area (Å²) in [4.78, 5) is 0. The molecule has 8 heteroatoms. The second kappa shape index (κ2) is 10.2. The number of halogens is 7. The van der Waals surface area contributed by atoms with Gasteiger partial charge < -0.3 is 4.74 Å². The van der Waals surface area contributed by atoms with E-state index >= 15 is 0 Å². The van der Waals surface area contributed by atoms with E-state index < -0.39 is 30.0 Å². The molecule has 1 nitrogen and oxygen atoms in total. The molecular formula is C24H31F7O. The first kappa shape index (κ1) is 25.2. The molecule has 2 aliphatic rings. The molecule has 0 aliphatic heterocycles. The Balaban J connectivity index is 1.56. The summed E-state index contributed by atoms with van der Waals surface area (Å²) in [6.45, 7) is 2.22. The van der Waals surface area contributed by atoms with Gasteiger partial charge in [-0.1, -0.05) is 38.7 Å². The van der Waals surface area contributed by atoms with Gasteiger partial charge in [-0.25, -0.2) is 13.2 Å². The zero-order valence-corrected chi connectivity index (χ0v) is 18.2. The lowest BCUT2D eigenvalue weighted by molar-refractivity contribution is -0.342. The van der Waals surface area contributed by atoms with E-state index in [9.17, 15) is 30.7 Å². The minimum atomic E-state index is -5.73. The predicted molar refractivity (Wildman–Crippen MR) is 108 cm³/mol. The van der Waals surface area contributed by atoms with Crippen LogP contribution in [0.25, 0.3) is 0 Å². The molecule has 0 amide bonds. The quantitative estimate of drug-likeness (QED) is 0.347. The summed E-state index contributed by atoms with van der Waals surface area (Å²) in [5.41, 5.74) is 0.587. The van der Waals surface area contributed by atoms with Crippen LogP contribution in [0.4, 0.5) is 30.7 Å². The molecule has 0 saturated heterocycles. The molecule has 0 atom stereocenters. The van der Waals surface area contributed by atoms with E-state index in [-0.39, 0.29) is 5.92 Å². The largest absolute Gasteiger partial charge is 0.470 e. The van der Waals surface area contributed by atoms with Crippen molar-refractivity contribution in [3.8, 4) is 5.75 Å². The Bertz CT molecular complexity index is 736. The van der Waals surface area contributed by atoms with Crippen LogP contribution in [0.5, 0.6) is 5.75 Å². The van der Waals surface area contributed by atoms with Gasteiger partial charge in [0.05, 0.1) is 0 Å². The molecule has 0 spiro atoms. The highest BCUT2D eigenvalue weighted by atomic mass is 19.3. The SMILES string of the molecule is CCCC1CCC(C2CCC(c3ccc(OC(F)(F)C(F)(F)C(F)F)c(F)c3)CC2)CC1. The normalized spacial score (nSPS) is 27.5. The Morgan fingerprint density at radius 3 is 1.97 bits per heavy atom.